The standard InChI is InChI=1S/C15H18ClN3O4/c1-3-12-13(20)17-6-7-19(12)15(22)18-9-4-5-10(11(16)8-9)14(21)23-2/h4-5,8,12H,3,6-7H2,1-2H3,(H,17,20)(H,18,22)/t12-/m1/s1. The van der Waals surface area contributed by atoms with Crippen LogP contribution in [-0.4, -0.2) is 49.0 Å². The number of ether oxygens (including phenoxy) is 1. The maximum absolute atomic E-state index is 12.4. The summed E-state index contributed by atoms with van der Waals surface area (Å²) >= 11 is 6.02. The van der Waals surface area contributed by atoms with Crippen LogP contribution in [0.5, 0.6) is 0 Å². The quantitative estimate of drug-likeness (QED) is 0.823. The highest BCUT2D eigenvalue weighted by molar-refractivity contribution is 6.34. The minimum Gasteiger partial charge on any atom is -0.465 e. The highest BCUT2D eigenvalue weighted by atomic mass is 35.5. The average Bonchev–Trinajstić information content (AvgIpc) is 2.54. The number of amides is 3. The number of esters is 1. The van der Waals surface area contributed by atoms with Gasteiger partial charge in [-0.05, 0) is 24.6 Å². The number of hydrogen-bond donors (Lipinski definition) is 2. The third kappa shape index (κ3) is 3.73. The van der Waals surface area contributed by atoms with E-state index in [1.54, 1.807) is 6.07 Å². The summed E-state index contributed by atoms with van der Waals surface area (Å²) in [4.78, 5) is 37.1. The zero-order chi connectivity index (χ0) is 17.0. The summed E-state index contributed by atoms with van der Waals surface area (Å²) in [5.74, 6) is -0.709. The van der Waals surface area contributed by atoms with Crippen molar-refractivity contribution in [2.24, 2.45) is 0 Å². The van der Waals surface area contributed by atoms with Crippen molar-refractivity contribution < 1.29 is 19.1 Å². The molecular formula is C15H18ClN3O4. The number of nitrogens with zero attached hydrogens (tertiary/aromatic N) is 1. The molecule has 1 aromatic carbocycles. The van der Waals surface area contributed by atoms with E-state index in [4.69, 9.17) is 11.6 Å². The lowest BCUT2D eigenvalue weighted by molar-refractivity contribution is -0.127. The molecule has 1 aliphatic rings. The van der Waals surface area contributed by atoms with Gasteiger partial charge in [0.15, 0.2) is 0 Å². The van der Waals surface area contributed by atoms with E-state index in [1.165, 1.54) is 24.1 Å². The number of carbonyl (C=O) groups is 3. The van der Waals surface area contributed by atoms with Crippen LogP contribution in [0.25, 0.3) is 0 Å². The maximum atomic E-state index is 12.4. The van der Waals surface area contributed by atoms with Crippen molar-refractivity contribution in [3.05, 3.63) is 28.8 Å². The average molecular weight is 340 g/mol. The molecule has 0 spiro atoms. The summed E-state index contributed by atoms with van der Waals surface area (Å²) in [7, 11) is 1.26. The number of anilines is 1. The third-order valence-corrected chi connectivity index (χ3v) is 3.92. The first-order valence-corrected chi connectivity index (χ1v) is 7.59. The van der Waals surface area contributed by atoms with Crippen LogP contribution >= 0.6 is 11.6 Å². The fraction of sp³-hybridized carbons (Fsp3) is 0.400. The van der Waals surface area contributed by atoms with Crippen LogP contribution in [0.2, 0.25) is 5.02 Å². The zero-order valence-electron chi connectivity index (χ0n) is 12.9. The molecule has 2 rings (SSSR count). The Hall–Kier alpha value is -2.28. The first-order chi connectivity index (χ1) is 11.0. The normalized spacial score (nSPS) is 17.4. The molecule has 2 N–H and O–H groups in total. The van der Waals surface area contributed by atoms with Crippen LogP contribution in [-0.2, 0) is 9.53 Å². The Labute approximate surface area is 138 Å². The number of nitrogens with one attached hydrogen (secondary N) is 2. The van der Waals surface area contributed by atoms with Crippen LogP contribution in [0.3, 0.4) is 0 Å². The Morgan fingerprint density at radius 1 is 1.48 bits per heavy atom. The molecule has 1 aromatic rings. The SMILES string of the molecule is CC[C@@H]1C(=O)NCCN1C(=O)Nc1ccc(C(=O)OC)c(Cl)c1. The predicted octanol–water partition coefficient (Wildman–Crippen LogP) is 1.87. The molecule has 0 saturated carbocycles. The Morgan fingerprint density at radius 3 is 2.83 bits per heavy atom. The summed E-state index contributed by atoms with van der Waals surface area (Å²) in [6, 6.07) is 3.63. The highest BCUT2D eigenvalue weighted by Gasteiger charge is 2.31. The van der Waals surface area contributed by atoms with Crippen molar-refractivity contribution in [3.8, 4) is 0 Å². The maximum Gasteiger partial charge on any atom is 0.339 e. The Kier molecular flexibility index (Phi) is 5.44. The van der Waals surface area contributed by atoms with Gasteiger partial charge >= 0.3 is 12.0 Å². The molecule has 1 atom stereocenters. The molecule has 1 aliphatic heterocycles. The summed E-state index contributed by atoms with van der Waals surface area (Å²) in [6.07, 6.45) is 0.529. The molecule has 0 unspecified atom stereocenters. The van der Waals surface area contributed by atoms with Crippen molar-refractivity contribution in [2.75, 3.05) is 25.5 Å². The van der Waals surface area contributed by atoms with Crippen molar-refractivity contribution in [1.29, 1.82) is 0 Å². The second kappa shape index (κ2) is 7.32. The fourth-order valence-electron chi connectivity index (χ4n) is 2.43. The molecule has 8 heteroatoms. The van der Waals surface area contributed by atoms with Gasteiger partial charge in [0.25, 0.3) is 0 Å². The van der Waals surface area contributed by atoms with Gasteiger partial charge in [0.2, 0.25) is 5.91 Å². The molecule has 124 valence electrons. The largest absolute Gasteiger partial charge is 0.465 e. The molecule has 0 aromatic heterocycles. The smallest absolute Gasteiger partial charge is 0.339 e. The summed E-state index contributed by atoms with van der Waals surface area (Å²) in [5.41, 5.74) is 0.657. The molecule has 7 nitrogen and oxygen atoms in total. The molecule has 0 aliphatic carbocycles. The van der Waals surface area contributed by atoms with Gasteiger partial charge in [0, 0.05) is 18.8 Å². The van der Waals surface area contributed by atoms with E-state index in [1.807, 2.05) is 6.92 Å². The van der Waals surface area contributed by atoms with Gasteiger partial charge in [-0.1, -0.05) is 18.5 Å². The van der Waals surface area contributed by atoms with Crippen molar-refractivity contribution in [2.45, 2.75) is 19.4 Å². The summed E-state index contributed by atoms with van der Waals surface area (Å²) in [5, 5.41) is 5.60. The predicted molar refractivity (Wildman–Crippen MR) is 85.6 cm³/mol. The minimum absolute atomic E-state index is 0.159. The van der Waals surface area contributed by atoms with E-state index in [-0.39, 0.29) is 22.5 Å². The Balaban J connectivity index is 2.12. The van der Waals surface area contributed by atoms with Crippen molar-refractivity contribution in [1.82, 2.24) is 10.2 Å². The van der Waals surface area contributed by atoms with Gasteiger partial charge < -0.3 is 20.3 Å². The van der Waals surface area contributed by atoms with Gasteiger partial charge in [-0.15, -0.1) is 0 Å². The number of urea groups is 1. The van der Waals surface area contributed by atoms with Crippen LogP contribution < -0.4 is 10.6 Å². The lowest BCUT2D eigenvalue weighted by Gasteiger charge is -2.34. The summed E-state index contributed by atoms with van der Waals surface area (Å²) in [6.45, 7) is 2.70. The van der Waals surface area contributed by atoms with E-state index < -0.39 is 12.0 Å². The zero-order valence-corrected chi connectivity index (χ0v) is 13.6. The monoisotopic (exact) mass is 339 g/mol. The number of carbonyl (C=O) groups excluding carboxylic acids is 3. The fourth-order valence-corrected chi connectivity index (χ4v) is 2.68. The Morgan fingerprint density at radius 2 is 2.22 bits per heavy atom. The minimum atomic E-state index is -0.549. The van der Waals surface area contributed by atoms with E-state index >= 15 is 0 Å². The topological polar surface area (TPSA) is 87.7 Å². The number of rotatable bonds is 3. The highest BCUT2D eigenvalue weighted by Crippen LogP contribution is 2.22. The first-order valence-electron chi connectivity index (χ1n) is 7.21. The molecule has 1 fully saturated rings. The Bertz CT molecular complexity index is 635. The van der Waals surface area contributed by atoms with E-state index in [9.17, 15) is 14.4 Å². The number of methoxy groups -OCH3 is 1. The molecule has 3 amide bonds. The molecule has 1 heterocycles. The second-order valence-corrected chi connectivity index (χ2v) is 5.43. The van der Waals surface area contributed by atoms with E-state index in [0.29, 0.717) is 25.2 Å². The van der Waals surface area contributed by atoms with E-state index in [2.05, 4.69) is 15.4 Å². The molecular weight excluding hydrogens is 322 g/mol. The van der Waals surface area contributed by atoms with Crippen LogP contribution in [0.4, 0.5) is 10.5 Å². The van der Waals surface area contributed by atoms with Gasteiger partial charge in [-0.2, -0.15) is 0 Å². The molecule has 23 heavy (non-hydrogen) atoms. The van der Waals surface area contributed by atoms with Crippen LogP contribution in [0.15, 0.2) is 18.2 Å². The van der Waals surface area contributed by atoms with Crippen LogP contribution in [0, 0.1) is 0 Å². The summed E-state index contributed by atoms with van der Waals surface area (Å²) < 4.78 is 4.61. The van der Waals surface area contributed by atoms with Gasteiger partial charge in [-0.3, -0.25) is 4.79 Å². The van der Waals surface area contributed by atoms with Gasteiger partial charge in [0.1, 0.15) is 6.04 Å². The van der Waals surface area contributed by atoms with Gasteiger partial charge in [-0.25, -0.2) is 9.59 Å². The van der Waals surface area contributed by atoms with Crippen molar-refractivity contribution in [3.63, 3.8) is 0 Å². The van der Waals surface area contributed by atoms with Crippen molar-refractivity contribution >= 4 is 35.2 Å². The van der Waals surface area contributed by atoms with Crippen LogP contribution in [0.1, 0.15) is 23.7 Å². The number of halogens is 1. The lowest BCUT2D eigenvalue weighted by Crippen LogP contribution is -2.57. The number of hydrogen-bond acceptors (Lipinski definition) is 4. The van der Waals surface area contributed by atoms with Gasteiger partial charge in [0.05, 0.1) is 17.7 Å². The number of benzene rings is 1. The molecule has 1 saturated heterocycles. The van der Waals surface area contributed by atoms with E-state index in [0.717, 1.165) is 0 Å². The molecule has 0 radical (unpaired) electrons. The number of piperazine rings is 1. The lowest BCUT2D eigenvalue weighted by atomic mass is 10.1. The first kappa shape index (κ1) is 17.1. The molecule has 0 bridgehead atoms. The second-order valence-electron chi connectivity index (χ2n) is 5.02. The third-order valence-electron chi connectivity index (χ3n) is 3.60.